The van der Waals surface area contributed by atoms with Gasteiger partial charge in [-0.1, -0.05) is 90.9 Å². The van der Waals surface area contributed by atoms with Crippen LogP contribution in [-0.2, 0) is 10.1 Å². The molecule has 1 N–H and O–H groups in total. The average molecular weight is 401 g/mol. The molecule has 6 heteroatoms. The van der Waals surface area contributed by atoms with Gasteiger partial charge in [0.05, 0.1) is 16.2 Å². The van der Waals surface area contributed by atoms with Gasteiger partial charge in [-0.3, -0.25) is 0 Å². The van der Waals surface area contributed by atoms with E-state index in [1.807, 2.05) is 0 Å². The molecule has 0 fully saturated rings. The Morgan fingerprint density at radius 1 is 0.692 bits per heavy atom. The van der Waals surface area contributed by atoms with Crippen LogP contribution in [0.5, 0.6) is 0 Å². The van der Waals surface area contributed by atoms with E-state index in [-0.39, 0.29) is 35.7 Å². The Kier molecular flexibility index (Phi) is 21.5. The van der Waals surface area contributed by atoms with E-state index in [0.717, 1.165) is 64.2 Å². The van der Waals surface area contributed by atoms with E-state index < -0.39 is 15.4 Å². The van der Waals surface area contributed by atoms with E-state index in [0.29, 0.717) is 12.8 Å². The van der Waals surface area contributed by atoms with Crippen LogP contribution in [0.1, 0.15) is 117 Å². The van der Waals surface area contributed by atoms with Crippen LogP contribution < -0.4 is 29.6 Å². The molecule has 0 aliphatic carbocycles. The van der Waals surface area contributed by atoms with Crippen molar-refractivity contribution in [1.29, 1.82) is 0 Å². The van der Waals surface area contributed by atoms with E-state index in [9.17, 15) is 18.1 Å². The third kappa shape index (κ3) is 18.2. The maximum atomic E-state index is 11.3. The van der Waals surface area contributed by atoms with Crippen molar-refractivity contribution in [1.82, 2.24) is 0 Å². The van der Waals surface area contributed by atoms with Gasteiger partial charge in [-0.2, -0.15) is 0 Å². The number of hydrogen-bond acceptors (Lipinski definition) is 4. The van der Waals surface area contributed by atoms with Gasteiger partial charge in [-0.25, -0.2) is 8.42 Å². The van der Waals surface area contributed by atoms with Crippen LogP contribution in [-0.4, -0.2) is 29.4 Å². The summed E-state index contributed by atoms with van der Waals surface area (Å²) in [6, 6.07) is 0. The molecule has 0 amide bonds. The molecule has 0 bridgehead atoms. The van der Waals surface area contributed by atoms with E-state index >= 15 is 0 Å². The molecule has 0 heterocycles. The summed E-state index contributed by atoms with van der Waals surface area (Å²) in [5.41, 5.74) is 0. The van der Waals surface area contributed by atoms with Gasteiger partial charge in [0.1, 0.15) is 0 Å². The van der Waals surface area contributed by atoms with Crippen molar-refractivity contribution in [2.75, 3.05) is 0 Å². The predicted octanol–water partition coefficient (Wildman–Crippen LogP) is 2.55. The Bertz CT molecular complexity index is 387. The van der Waals surface area contributed by atoms with Crippen molar-refractivity contribution in [3.63, 3.8) is 0 Å². The normalized spacial score (nSPS) is 14.0. The second-order valence-electron chi connectivity index (χ2n) is 7.46. The second kappa shape index (κ2) is 19.2. The number of aliphatic hydroxyl groups is 1. The second-order valence-corrected chi connectivity index (χ2v) is 9.11. The zero-order valence-corrected chi connectivity index (χ0v) is 20.4. The maximum Gasteiger partial charge on any atom is 1.00 e. The molecule has 0 aromatic rings. The number of rotatable bonds is 18. The molecule has 2 atom stereocenters. The van der Waals surface area contributed by atoms with Crippen LogP contribution in [0.3, 0.4) is 0 Å². The number of aliphatic hydroxyl groups excluding tert-OH is 1. The first kappa shape index (κ1) is 29.1. The van der Waals surface area contributed by atoms with Crippen molar-refractivity contribution in [2.24, 2.45) is 0 Å². The van der Waals surface area contributed by atoms with Gasteiger partial charge < -0.3 is 9.66 Å². The van der Waals surface area contributed by atoms with Crippen LogP contribution in [0.2, 0.25) is 0 Å². The number of hydrogen-bond donors (Lipinski definition) is 1. The fourth-order valence-electron chi connectivity index (χ4n) is 3.29. The van der Waals surface area contributed by atoms with Gasteiger partial charge in [0.2, 0.25) is 0 Å². The Balaban J connectivity index is 0. The molecule has 0 aliphatic heterocycles. The summed E-state index contributed by atoms with van der Waals surface area (Å²) >= 11 is 0. The third-order valence-corrected chi connectivity index (χ3v) is 6.28. The minimum Gasteiger partial charge on any atom is -0.748 e. The largest absolute Gasteiger partial charge is 1.00 e. The summed E-state index contributed by atoms with van der Waals surface area (Å²) in [5.74, 6) is 0. The first-order chi connectivity index (χ1) is 11.9. The Morgan fingerprint density at radius 3 is 1.46 bits per heavy atom. The minimum absolute atomic E-state index is 0. The van der Waals surface area contributed by atoms with E-state index in [2.05, 4.69) is 13.8 Å². The Morgan fingerprint density at radius 2 is 1.04 bits per heavy atom. The van der Waals surface area contributed by atoms with E-state index in [1.165, 1.54) is 25.7 Å². The van der Waals surface area contributed by atoms with Crippen LogP contribution in [0, 0.1) is 0 Å². The third-order valence-electron chi connectivity index (χ3n) is 4.99. The SMILES string of the molecule is CCCCCCCC(O)CCCCCCC(CCCCC)S(=O)(=O)[O-].[Na+]. The summed E-state index contributed by atoms with van der Waals surface area (Å²) in [6.07, 6.45) is 15.3. The summed E-state index contributed by atoms with van der Waals surface area (Å²) in [7, 11) is -4.16. The quantitative estimate of drug-likeness (QED) is 0.218. The van der Waals surface area contributed by atoms with Crippen LogP contribution >= 0.6 is 0 Å². The van der Waals surface area contributed by atoms with Crippen LogP contribution in [0.4, 0.5) is 0 Å². The van der Waals surface area contributed by atoms with Gasteiger partial charge in [0.15, 0.2) is 0 Å². The molecule has 0 aliphatic rings. The zero-order chi connectivity index (χ0) is 19.0. The molecule has 0 aromatic heterocycles. The van der Waals surface area contributed by atoms with Crippen LogP contribution in [0.25, 0.3) is 0 Å². The van der Waals surface area contributed by atoms with Gasteiger partial charge in [-0.05, 0) is 25.7 Å². The molecule has 0 aromatic carbocycles. The minimum atomic E-state index is -4.16. The molecule has 0 saturated carbocycles. The molecule has 0 rings (SSSR count). The molecule has 152 valence electrons. The first-order valence-electron chi connectivity index (χ1n) is 10.5. The van der Waals surface area contributed by atoms with Crippen molar-refractivity contribution >= 4 is 10.1 Å². The molecular formula is C20H41NaO4S. The molecular weight excluding hydrogens is 359 g/mol. The van der Waals surface area contributed by atoms with Crippen LogP contribution in [0.15, 0.2) is 0 Å². The monoisotopic (exact) mass is 400 g/mol. The van der Waals surface area contributed by atoms with Crippen molar-refractivity contribution in [2.45, 2.75) is 128 Å². The molecule has 26 heavy (non-hydrogen) atoms. The summed E-state index contributed by atoms with van der Waals surface area (Å²) in [5, 5.41) is 9.26. The summed E-state index contributed by atoms with van der Waals surface area (Å²) in [6.45, 7) is 4.27. The van der Waals surface area contributed by atoms with Crippen molar-refractivity contribution in [3.8, 4) is 0 Å². The van der Waals surface area contributed by atoms with E-state index in [1.54, 1.807) is 0 Å². The topological polar surface area (TPSA) is 77.4 Å². The van der Waals surface area contributed by atoms with Gasteiger partial charge in [-0.15, -0.1) is 0 Å². The Labute approximate surface area is 185 Å². The zero-order valence-electron chi connectivity index (χ0n) is 17.5. The van der Waals surface area contributed by atoms with Gasteiger partial charge in [0.25, 0.3) is 0 Å². The molecule has 4 nitrogen and oxygen atoms in total. The first-order valence-corrected chi connectivity index (χ1v) is 12.0. The van der Waals surface area contributed by atoms with Crippen molar-refractivity contribution < 1.29 is 47.6 Å². The fourth-order valence-corrected chi connectivity index (χ4v) is 4.20. The fraction of sp³-hybridized carbons (Fsp3) is 1.00. The molecule has 0 radical (unpaired) electrons. The summed E-state index contributed by atoms with van der Waals surface area (Å²) in [4.78, 5) is 0. The predicted molar refractivity (Wildman–Crippen MR) is 105 cm³/mol. The summed E-state index contributed by atoms with van der Waals surface area (Å²) < 4.78 is 33.9. The standard InChI is InChI=1S/C20H42O4S.Na/c1-3-5-7-8-12-15-19(21)16-13-9-10-14-18-20(25(22,23)24)17-11-6-4-2;/h19-21H,3-18H2,1-2H3,(H,22,23,24);/q;+1/p-1. The maximum absolute atomic E-state index is 11.3. The van der Waals surface area contributed by atoms with Crippen molar-refractivity contribution in [3.05, 3.63) is 0 Å². The Hall–Kier alpha value is 0.870. The van der Waals surface area contributed by atoms with Gasteiger partial charge in [0, 0.05) is 5.25 Å². The average Bonchev–Trinajstić information content (AvgIpc) is 2.55. The molecule has 0 spiro atoms. The molecule has 2 unspecified atom stereocenters. The molecule has 0 saturated heterocycles. The number of unbranched alkanes of at least 4 members (excludes halogenated alkanes) is 9. The smallest absolute Gasteiger partial charge is 0.748 e. The van der Waals surface area contributed by atoms with E-state index in [4.69, 9.17) is 0 Å². The van der Waals surface area contributed by atoms with Gasteiger partial charge >= 0.3 is 29.6 Å².